The van der Waals surface area contributed by atoms with E-state index < -0.39 is 0 Å². The molecule has 0 aliphatic carbocycles. The molecule has 1 aliphatic heterocycles. The molecule has 2 aromatic heterocycles. The number of anilines is 1. The third kappa shape index (κ3) is 3.12. The first-order chi connectivity index (χ1) is 12.6. The number of aromatic nitrogens is 2. The second-order valence-electron chi connectivity index (χ2n) is 6.76. The fourth-order valence-electron chi connectivity index (χ4n) is 3.46. The van der Waals surface area contributed by atoms with Crippen LogP contribution in [0.1, 0.15) is 34.2 Å². The number of hydrogen-bond donors (Lipinski definition) is 1. The molecule has 134 valence electrons. The van der Waals surface area contributed by atoms with Crippen LogP contribution in [-0.4, -0.2) is 29.6 Å². The van der Waals surface area contributed by atoms with E-state index in [0.717, 1.165) is 46.9 Å². The van der Waals surface area contributed by atoms with Crippen LogP contribution in [0, 0.1) is 0 Å². The number of hydrogen-bond acceptors (Lipinski definition) is 4. The van der Waals surface area contributed by atoms with E-state index in [-0.39, 0.29) is 11.9 Å². The molecule has 6 heteroatoms. The van der Waals surface area contributed by atoms with E-state index >= 15 is 0 Å². The molecule has 1 aliphatic rings. The number of carbonyl (C=O) groups excluding carboxylic acids is 1. The van der Waals surface area contributed by atoms with Crippen LogP contribution in [0.4, 0.5) is 5.69 Å². The van der Waals surface area contributed by atoms with E-state index in [1.165, 1.54) is 11.3 Å². The van der Waals surface area contributed by atoms with E-state index in [0.29, 0.717) is 0 Å². The molecular weight excluding hydrogens is 344 g/mol. The third-order valence-electron chi connectivity index (χ3n) is 4.81. The van der Waals surface area contributed by atoms with E-state index in [1.54, 1.807) is 0 Å². The number of nitrogens with zero attached hydrogens (tertiary/aromatic N) is 3. The number of fused-ring (bicyclic) bond motifs is 1. The van der Waals surface area contributed by atoms with Crippen LogP contribution < -0.4 is 10.2 Å². The average Bonchev–Trinajstić information content (AvgIpc) is 3.32. The standard InChI is InChI=1S/C20H22N4OS/c1-23(2)15-9-7-14(8-10-15)18-19-16(5-3-11-24(19)13-21-18)22-20(25)17-6-4-12-26-17/h4,6-10,12-13,16H,3,5,11H2,1-2H3,(H,22,25)/t16-/m0/s1. The Balaban J connectivity index is 1.65. The Hall–Kier alpha value is -2.60. The van der Waals surface area contributed by atoms with Gasteiger partial charge in [0, 0.05) is 31.9 Å². The molecule has 0 saturated heterocycles. The van der Waals surface area contributed by atoms with Gasteiger partial charge in [-0.05, 0) is 36.4 Å². The molecular formula is C20H22N4OS. The Morgan fingerprint density at radius 2 is 2.08 bits per heavy atom. The predicted octanol–water partition coefficient (Wildman–Crippen LogP) is 3.94. The summed E-state index contributed by atoms with van der Waals surface area (Å²) in [5, 5.41) is 5.13. The van der Waals surface area contributed by atoms with E-state index in [2.05, 4.69) is 44.0 Å². The lowest BCUT2D eigenvalue weighted by Crippen LogP contribution is -2.32. The molecule has 4 rings (SSSR count). The average molecular weight is 366 g/mol. The Morgan fingerprint density at radius 1 is 1.27 bits per heavy atom. The summed E-state index contributed by atoms with van der Waals surface area (Å²) in [6.07, 6.45) is 3.87. The molecule has 3 aromatic rings. The summed E-state index contributed by atoms with van der Waals surface area (Å²) in [6.45, 7) is 0.948. The highest BCUT2D eigenvalue weighted by molar-refractivity contribution is 7.12. The fraction of sp³-hybridized carbons (Fsp3) is 0.300. The van der Waals surface area contributed by atoms with Crippen LogP contribution in [0.3, 0.4) is 0 Å². The molecule has 1 amide bonds. The van der Waals surface area contributed by atoms with Gasteiger partial charge in [0.15, 0.2) is 0 Å². The second-order valence-corrected chi connectivity index (χ2v) is 7.71. The topological polar surface area (TPSA) is 50.2 Å². The highest BCUT2D eigenvalue weighted by Gasteiger charge is 2.27. The summed E-state index contributed by atoms with van der Waals surface area (Å²) < 4.78 is 2.18. The number of benzene rings is 1. The number of aryl methyl sites for hydroxylation is 1. The third-order valence-corrected chi connectivity index (χ3v) is 5.68. The number of imidazole rings is 1. The number of carbonyl (C=O) groups is 1. The van der Waals surface area contributed by atoms with E-state index in [9.17, 15) is 4.79 Å². The molecule has 1 aromatic carbocycles. The summed E-state index contributed by atoms with van der Waals surface area (Å²) >= 11 is 1.47. The molecule has 0 spiro atoms. The largest absolute Gasteiger partial charge is 0.378 e. The number of thiophene rings is 1. The molecule has 0 unspecified atom stereocenters. The van der Waals surface area contributed by atoms with Gasteiger partial charge in [0.05, 0.1) is 28.6 Å². The molecule has 0 fully saturated rings. The van der Waals surface area contributed by atoms with Crippen molar-refractivity contribution in [3.63, 3.8) is 0 Å². The lowest BCUT2D eigenvalue weighted by molar-refractivity contribution is 0.0933. The highest BCUT2D eigenvalue weighted by atomic mass is 32.1. The molecule has 1 atom stereocenters. The first-order valence-corrected chi connectivity index (χ1v) is 9.68. The van der Waals surface area contributed by atoms with Crippen molar-refractivity contribution in [3.8, 4) is 11.3 Å². The Bertz CT molecular complexity index is 897. The van der Waals surface area contributed by atoms with Crippen LogP contribution >= 0.6 is 11.3 Å². The van der Waals surface area contributed by atoms with Crippen molar-refractivity contribution in [2.75, 3.05) is 19.0 Å². The quantitative estimate of drug-likeness (QED) is 0.761. The van der Waals surface area contributed by atoms with Crippen molar-refractivity contribution in [1.29, 1.82) is 0 Å². The molecule has 0 saturated carbocycles. The van der Waals surface area contributed by atoms with Gasteiger partial charge in [0.2, 0.25) is 0 Å². The fourth-order valence-corrected chi connectivity index (χ4v) is 4.08. The lowest BCUT2D eigenvalue weighted by Gasteiger charge is -2.26. The van der Waals surface area contributed by atoms with Gasteiger partial charge in [-0.25, -0.2) is 4.98 Å². The van der Waals surface area contributed by atoms with Crippen LogP contribution in [-0.2, 0) is 6.54 Å². The summed E-state index contributed by atoms with van der Waals surface area (Å²) in [6, 6.07) is 12.2. The van der Waals surface area contributed by atoms with Crippen LogP contribution in [0.5, 0.6) is 0 Å². The summed E-state index contributed by atoms with van der Waals surface area (Å²) in [5.41, 5.74) is 4.32. The number of nitrogens with one attached hydrogen (secondary N) is 1. The second kappa shape index (κ2) is 6.96. The minimum absolute atomic E-state index is 0.00597. The molecule has 0 radical (unpaired) electrons. The van der Waals surface area contributed by atoms with E-state index in [4.69, 9.17) is 0 Å². The SMILES string of the molecule is CN(C)c1ccc(-c2ncn3c2[C@@H](NC(=O)c2cccs2)CCC3)cc1. The van der Waals surface area contributed by atoms with Crippen molar-refractivity contribution in [3.05, 3.63) is 58.7 Å². The van der Waals surface area contributed by atoms with Crippen LogP contribution in [0.25, 0.3) is 11.3 Å². The molecule has 1 N–H and O–H groups in total. The van der Waals surface area contributed by atoms with Crippen molar-refractivity contribution in [1.82, 2.24) is 14.9 Å². The first-order valence-electron chi connectivity index (χ1n) is 8.80. The minimum Gasteiger partial charge on any atom is -0.378 e. The van der Waals surface area contributed by atoms with Gasteiger partial charge in [-0.2, -0.15) is 0 Å². The Labute approximate surface area is 157 Å². The highest BCUT2D eigenvalue weighted by Crippen LogP contribution is 2.34. The van der Waals surface area contributed by atoms with Gasteiger partial charge in [-0.15, -0.1) is 11.3 Å². The maximum atomic E-state index is 12.5. The summed E-state index contributed by atoms with van der Waals surface area (Å²) in [5.74, 6) is -0.00597. The van der Waals surface area contributed by atoms with Gasteiger partial charge >= 0.3 is 0 Å². The van der Waals surface area contributed by atoms with Gasteiger partial charge < -0.3 is 14.8 Å². The molecule has 5 nitrogen and oxygen atoms in total. The zero-order valence-electron chi connectivity index (χ0n) is 15.0. The van der Waals surface area contributed by atoms with E-state index in [1.807, 2.05) is 37.9 Å². The molecule has 26 heavy (non-hydrogen) atoms. The van der Waals surface area contributed by atoms with Crippen molar-refractivity contribution >= 4 is 22.9 Å². The van der Waals surface area contributed by atoms with Crippen molar-refractivity contribution in [2.45, 2.75) is 25.4 Å². The Morgan fingerprint density at radius 3 is 2.77 bits per heavy atom. The zero-order chi connectivity index (χ0) is 18.1. The smallest absolute Gasteiger partial charge is 0.261 e. The maximum absolute atomic E-state index is 12.5. The predicted molar refractivity (Wildman–Crippen MR) is 106 cm³/mol. The first kappa shape index (κ1) is 16.8. The van der Waals surface area contributed by atoms with Crippen molar-refractivity contribution in [2.24, 2.45) is 0 Å². The zero-order valence-corrected chi connectivity index (χ0v) is 15.8. The Kier molecular flexibility index (Phi) is 4.51. The van der Waals surface area contributed by atoms with Crippen LogP contribution in [0.2, 0.25) is 0 Å². The number of amides is 1. The maximum Gasteiger partial charge on any atom is 0.261 e. The summed E-state index contributed by atoms with van der Waals surface area (Å²) in [7, 11) is 4.06. The minimum atomic E-state index is -0.00984. The molecule has 0 bridgehead atoms. The van der Waals surface area contributed by atoms with Gasteiger partial charge in [-0.1, -0.05) is 18.2 Å². The lowest BCUT2D eigenvalue weighted by atomic mass is 9.98. The normalized spacial score (nSPS) is 16.2. The van der Waals surface area contributed by atoms with Crippen LogP contribution in [0.15, 0.2) is 48.1 Å². The van der Waals surface area contributed by atoms with Gasteiger partial charge in [0.1, 0.15) is 0 Å². The summed E-state index contributed by atoms with van der Waals surface area (Å²) in [4.78, 5) is 20.0. The van der Waals surface area contributed by atoms with Gasteiger partial charge in [-0.3, -0.25) is 4.79 Å². The monoisotopic (exact) mass is 366 g/mol. The number of rotatable bonds is 4. The molecule has 3 heterocycles. The van der Waals surface area contributed by atoms with Crippen molar-refractivity contribution < 1.29 is 4.79 Å². The van der Waals surface area contributed by atoms with Gasteiger partial charge in [0.25, 0.3) is 5.91 Å².